The highest BCUT2D eigenvalue weighted by molar-refractivity contribution is 9.10. The van der Waals surface area contributed by atoms with E-state index in [1.54, 1.807) is 37.5 Å². The molecule has 1 amide bonds. The zero-order valence-electron chi connectivity index (χ0n) is 12.5. The van der Waals surface area contributed by atoms with Crippen molar-refractivity contribution in [3.8, 4) is 5.75 Å². The van der Waals surface area contributed by atoms with Crippen molar-refractivity contribution in [2.45, 2.75) is 0 Å². The van der Waals surface area contributed by atoms with Crippen molar-refractivity contribution < 1.29 is 9.53 Å². The summed E-state index contributed by atoms with van der Waals surface area (Å²) in [5, 5.41) is 0.555. The molecule has 0 unspecified atom stereocenters. The van der Waals surface area contributed by atoms with Crippen molar-refractivity contribution in [2.75, 3.05) is 12.0 Å². The van der Waals surface area contributed by atoms with Gasteiger partial charge in [0, 0.05) is 15.1 Å². The van der Waals surface area contributed by atoms with Gasteiger partial charge >= 0.3 is 0 Å². The third-order valence-corrected chi connectivity index (χ3v) is 5.37. The van der Waals surface area contributed by atoms with E-state index in [0.717, 1.165) is 10.0 Å². The highest BCUT2D eigenvalue weighted by Crippen LogP contribution is 2.38. The van der Waals surface area contributed by atoms with Crippen molar-refractivity contribution in [3.63, 3.8) is 0 Å². The summed E-state index contributed by atoms with van der Waals surface area (Å²) in [6.45, 7) is 0. The molecule has 122 valence electrons. The smallest absolute Gasteiger partial charge is 0.270 e. The van der Waals surface area contributed by atoms with Crippen LogP contribution < -0.4 is 9.64 Å². The molecule has 7 heteroatoms. The van der Waals surface area contributed by atoms with Crippen molar-refractivity contribution in [1.82, 2.24) is 0 Å². The minimum atomic E-state index is -0.172. The van der Waals surface area contributed by atoms with E-state index in [1.807, 2.05) is 18.2 Å². The van der Waals surface area contributed by atoms with Crippen LogP contribution in [0.2, 0.25) is 5.02 Å². The maximum atomic E-state index is 12.8. The first-order chi connectivity index (χ1) is 11.5. The van der Waals surface area contributed by atoms with Gasteiger partial charge in [0.1, 0.15) is 5.75 Å². The molecule has 24 heavy (non-hydrogen) atoms. The third kappa shape index (κ3) is 3.52. The van der Waals surface area contributed by atoms with Gasteiger partial charge in [-0.15, -0.1) is 0 Å². The fourth-order valence-electron chi connectivity index (χ4n) is 2.26. The lowest BCUT2D eigenvalue weighted by Gasteiger charge is -2.14. The van der Waals surface area contributed by atoms with Crippen molar-refractivity contribution >= 4 is 73.5 Å². The molecule has 0 atom stereocenters. The van der Waals surface area contributed by atoms with Crippen LogP contribution in [-0.2, 0) is 4.79 Å². The lowest BCUT2D eigenvalue weighted by molar-refractivity contribution is -0.113. The van der Waals surface area contributed by atoms with Crippen LogP contribution in [0.1, 0.15) is 5.56 Å². The Balaban J connectivity index is 1.99. The molecule has 2 aromatic rings. The van der Waals surface area contributed by atoms with Gasteiger partial charge in [-0.1, -0.05) is 57.6 Å². The topological polar surface area (TPSA) is 29.5 Å². The summed E-state index contributed by atoms with van der Waals surface area (Å²) in [5.74, 6) is 0.514. The van der Waals surface area contributed by atoms with E-state index >= 15 is 0 Å². The Labute approximate surface area is 162 Å². The molecule has 0 N–H and O–H groups in total. The Morgan fingerprint density at radius 1 is 1.29 bits per heavy atom. The van der Waals surface area contributed by atoms with Gasteiger partial charge in [-0.3, -0.25) is 9.69 Å². The molecular formula is C17H11BrClNO2S2. The zero-order valence-corrected chi connectivity index (χ0v) is 16.4. The molecule has 1 aliphatic heterocycles. The number of hydrogen-bond acceptors (Lipinski definition) is 4. The van der Waals surface area contributed by atoms with E-state index in [1.165, 1.54) is 16.7 Å². The predicted octanol–water partition coefficient (Wildman–Crippen LogP) is 5.52. The van der Waals surface area contributed by atoms with Gasteiger partial charge in [0.25, 0.3) is 5.91 Å². The van der Waals surface area contributed by atoms with Crippen LogP contribution >= 0.6 is 51.5 Å². The zero-order chi connectivity index (χ0) is 17.3. The molecule has 1 saturated heterocycles. The van der Waals surface area contributed by atoms with Crippen LogP contribution in [0, 0.1) is 0 Å². The first-order valence-corrected chi connectivity index (χ1v) is 9.26. The van der Waals surface area contributed by atoms with Gasteiger partial charge in [-0.25, -0.2) is 0 Å². The van der Waals surface area contributed by atoms with E-state index in [2.05, 4.69) is 15.9 Å². The molecule has 0 bridgehead atoms. The molecule has 0 aromatic heterocycles. The minimum absolute atomic E-state index is 0.172. The summed E-state index contributed by atoms with van der Waals surface area (Å²) in [6.07, 6.45) is 1.79. The van der Waals surface area contributed by atoms with Crippen LogP contribution in [0.3, 0.4) is 0 Å². The second-order valence-corrected chi connectivity index (χ2v) is 7.91. The van der Waals surface area contributed by atoms with Gasteiger partial charge in [0.2, 0.25) is 0 Å². The van der Waals surface area contributed by atoms with Gasteiger partial charge < -0.3 is 4.74 Å². The van der Waals surface area contributed by atoms with E-state index in [9.17, 15) is 4.79 Å². The van der Waals surface area contributed by atoms with Crippen LogP contribution in [0.5, 0.6) is 5.75 Å². The maximum Gasteiger partial charge on any atom is 0.270 e. The van der Waals surface area contributed by atoms with Crippen LogP contribution in [-0.4, -0.2) is 17.3 Å². The normalized spacial score (nSPS) is 16.1. The summed E-state index contributed by atoms with van der Waals surface area (Å²) in [6, 6.07) is 12.7. The minimum Gasteiger partial charge on any atom is -0.496 e. The Hall–Kier alpha value is -1.34. The van der Waals surface area contributed by atoms with E-state index in [4.69, 9.17) is 28.6 Å². The van der Waals surface area contributed by atoms with Gasteiger partial charge in [-0.2, -0.15) is 0 Å². The molecule has 2 aromatic carbocycles. The Morgan fingerprint density at radius 2 is 2.08 bits per heavy atom. The first kappa shape index (κ1) is 17.5. The summed E-state index contributed by atoms with van der Waals surface area (Å²) in [5.41, 5.74) is 1.47. The molecule has 3 nitrogen and oxygen atoms in total. The Bertz CT molecular complexity index is 869. The largest absolute Gasteiger partial charge is 0.496 e. The quantitative estimate of drug-likeness (QED) is 0.464. The third-order valence-electron chi connectivity index (χ3n) is 3.34. The SMILES string of the molecule is COc1ccc(Br)cc1/C=C1\SC(=S)N(c2cccc(Cl)c2)C1=O. The second-order valence-electron chi connectivity index (χ2n) is 4.88. The van der Waals surface area contributed by atoms with Crippen LogP contribution in [0.4, 0.5) is 5.69 Å². The van der Waals surface area contributed by atoms with E-state index < -0.39 is 0 Å². The van der Waals surface area contributed by atoms with E-state index in [0.29, 0.717) is 25.7 Å². The monoisotopic (exact) mass is 439 g/mol. The number of nitrogens with zero attached hydrogens (tertiary/aromatic N) is 1. The van der Waals surface area contributed by atoms with Gasteiger partial charge in [0.05, 0.1) is 17.7 Å². The molecular weight excluding hydrogens is 430 g/mol. The highest BCUT2D eigenvalue weighted by Gasteiger charge is 2.33. The summed E-state index contributed by atoms with van der Waals surface area (Å²) in [7, 11) is 1.60. The molecule has 3 rings (SSSR count). The molecule has 0 saturated carbocycles. The van der Waals surface area contributed by atoms with Crippen molar-refractivity contribution in [1.29, 1.82) is 0 Å². The summed E-state index contributed by atoms with van der Waals surface area (Å²) < 4.78 is 6.73. The molecule has 0 spiro atoms. The van der Waals surface area contributed by atoms with Crippen molar-refractivity contribution in [2.24, 2.45) is 0 Å². The van der Waals surface area contributed by atoms with E-state index in [-0.39, 0.29) is 5.91 Å². The maximum absolute atomic E-state index is 12.8. The van der Waals surface area contributed by atoms with Crippen molar-refractivity contribution in [3.05, 3.63) is 62.4 Å². The number of anilines is 1. The standard InChI is InChI=1S/C17H11BrClNO2S2/c1-22-14-6-5-11(18)7-10(14)8-15-16(21)20(17(23)24-15)13-4-2-3-12(19)9-13/h2-9H,1H3/b15-8-. The number of thioether (sulfide) groups is 1. The van der Waals surface area contributed by atoms with Crippen LogP contribution in [0.25, 0.3) is 6.08 Å². The number of thiocarbonyl (C=S) groups is 1. The molecule has 1 fully saturated rings. The first-order valence-electron chi connectivity index (χ1n) is 6.86. The number of amides is 1. The Kier molecular flexibility index (Phi) is 5.30. The molecule has 1 heterocycles. The Morgan fingerprint density at radius 3 is 2.79 bits per heavy atom. The second kappa shape index (κ2) is 7.27. The predicted molar refractivity (Wildman–Crippen MR) is 108 cm³/mol. The van der Waals surface area contributed by atoms with Crippen LogP contribution in [0.15, 0.2) is 51.8 Å². The number of hydrogen-bond donors (Lipinski definition) is 0. The summed E-state index contributed by atoms with van der Waals surface area (Å²) in [4.78, 5) is 14.8. The van der Waals surface area contributed by atoms with Gasteiger partial charge in [0.15, 0.2) is 4.32 Å². The lowest BCUT2D eigenvalue weighted by atomic mass is 10.2. The summed E-state index contributed by atoms with van der Waals surface area (Å²) >= 11 is 16.1. The number of carbonyl (C=O) groups is 1. The fourth-order valence-corrected chi connectivity index (χ4v) is 4.12. The number of methoxy groups -OCH3 is 1. The average molecular weight is 441 g/mol. The fraction of sp³-hybridized carbons (Fsp3) is 0.0588. The molecule has 0 aliphatic carbocycles. The van der Waals surface area contributed by atoms with Gasteiger partial charge in [-0.05, 0) is 42.5 Å². The average Bonchev–Trinajstić information content (AvgIpc) is 2.81. The number of rotatable bonds is 3. The molecule has 1 aliphatic rings. The number of halogens is 2. The molecule has 0 radical (unpaired) electrons. The number of ether oxygens (including phenoxy) is 1. The number of carbonyl (C=O) groups excluding carboxylic acids is 1. The lowest BCUT2D eigenvalue weighted by Crippen LogP contribution is -2.27. The number of benzene rings is 2. The highest BCUT2D eigenvalue weighted by atomic mass is 79.9.